The van der Waals surface area contributed by atoms with Crippen molar-refractivity contribution in [1.82, 2.24) is 0 Å². The van der Waals surface area contributed by atoms with E-state index < -0.39 is 0 Å². The van der Waals surface area contributed by atoms with E-state index >= 15 is 0 Å². The maximum atomic E-state index is 11.5. The largest absolute Gasteiger partial charge is 0.463 e. The molecule has 0 aliphatic heterocycles. The van der Waals surface area contributed by atoms with E-state index in [2.05, 4.69) is 41.5 Å². The van der Waals surface area contributed by atoms with Gasteiger partial charge < -0.3 is 4.74 Å². The Morgan fingerprint density at radius 3 is 2.41 bits per heavy atom. The third-order valence-electron chi connectivity index (χ3n) is 11.3. The van der Waals surface area contributed by atoms with Gasteiger partial charge in [-0.15, -0.1) is 0 Å². The minimum atomic E-state index is -0.102. The predicted octanol–water partition coefficient (Wildman–Crippen LogP) is 8.49. The quantitative estimate of drug-likeness (QED) is 0.304. The molecule has 2 heteroatoms. The first-order chi connectivity index (χ1) is 15.0. The van der Waals surface area contributed by atoms with Gasteiger partial charge in [0.05, 0.1) is 0 Å². The minimum Gasteiger partial charge on any atom is -0.463 e. The van der Waals surface area contributed by atoms with Gasteiger partial charge in [-0.3, -0.25) is 4.79 Å². The molecule has 0 radical (unpaired) electrons. The Labute approximate surface area is 198 Å². The van der Waals surface area contributed by atoms with E-state index in [4.69, 9.17) is 4.74 Å². The summed E-state index contributed by atoms with van der Waals surface area (Å²) in [5.74, 6) is 3.17. The van der Waals surface area contributed by atoms with Crippen molar-refractivity contribution in [3.05, 3.63) is 11.1 Å². The van der Waals surface area contributed by atoms with Crippen LogP contribution in [0.25, 0.3) is 0 Å². The van der Waals surface area contributed by atoms with Crippen LogP contribution in [0, 0.1) is 39.9 Å². The highest BCUT2D eigenvalue weighted by Crippen LogP contribution is 2.71. The first kappa shape index (κ1) is 24.3. The molecule has 0 bridgehead atoms. The summed E-state index contributed by atoms with van der Waals surface area (Å²) in [5, 5.41) is 0. The van der Waals surface area contributed by atoms with Gasteiger partial charge in [-0.05, 0) is 97.7 Å². The van der Waals surface area contributed by atoms with Crippen molar-refractivity contribution in [3.63, 3.8) is 0 Å². The summed E-state index contributed by atoms with van der Waals surface area (Å²) in [7, 11) is 0. The third-order valence-corrected chi connectivity index (χ3v) is 11.3. The van der Waals surface area contributed by atoms with E-state index in [1.165, 1.54) is 64.2 Å². The summed E-state index contributed by atoms with van der Waals surface area (Å²) in [6.07, 6.45) is 15.8. The van der Waals surface area contributed by atoms with Crippen molar-refractivity contribution >= 4 is 5.97 Å². The second-order valence-electron chi connectivity index (χ2n) is 13.3. The SMILES string of the molecule is CC(=O)OC1CC[C@]2(C)C3=C(CCC2C1)[C@]1(C)CC[C@H]([C@H](C)CCCC(C)C)[C@@]1(C)CC3. The number of carbonyl (C=O) groups is 1. The Morgan fingerprint density at radius 2 is 1.72 bits per heavy atom. The van der Waals surface area contributed by atoms with Gasteiger partial charge in [0.25, 0.3) is 0 Å². The Kier molecular flexibility index (Phi) is 6.67. The first-order valence-corrected chi connectivity index (χ1v) is 13.9. The molecule has 0 aromatic carbocycles. The van der Waals surface area contributed by atoms with Gasteiger partial charge in [0.1, 0.15) is 6.10 Å². The lowest BCUT2D eigenvalue weighted by molar-refractivity contribution is -0.150. The molecule has 2 unspecified atom stereocenters. The van der Waals surface area contributed by atoms with Gasteiger partial charge in [-0.25, -0.2) is 0 Å². The summed E-state index contributed by atoms with van der Waals surface area (Å²) < 4.78 is 5.66. The van der Waals surface area contributed by atoms with Crippen molar-refractivity contribution < 1.29 is 9.53 Å². The number of fused-ring (bicyclic) bond motifs is 4. The van der Waals surface area contributed by atoms with Crippen LogP contribution in [0.2, 0.25) is 0 Å². The fraction of sp³-hybridized carbons (Fsp3) is 0.900. The molecule has 4 rings (SSSR count). The number of allylic oxidation sites excluding steroid dienone is 2. The van der Waals surface area contributed by atoms with Crippen LogP contribution in [-0.4, -0.2) is 12.1 Å². The second-order valence-corrected chi connectivity index (χ2v) is 13.3. The summed E-state index contributed by atoms with van der Waals surface area (Å²) in [4.78, 5) is 11.5. The fourth-order valence-corrected chi connectivity index (χ4v) is 9.16. The number of carbonyl (C=O) groups excluding carboxylic acids is 1. The van der Waals surface area contributed by atoms with Crippen LogP contribution in [-0.2, 0) is 9.53 Å². The molecule has 0 heterocycles. The number of ether oxygens (including phenoxy) is 1. The van der Waals surface area contributed by atoms with Crippen LogP contribution in [0.1, 0.15) is 126 Å². The third kappa shape index (κ3) is 3.90. The molecule has 182 valence electrons. The number of hydrogen-bond acceptors (Lipinski definition) is 2. The average Bonchev–Trinajstić information content (AvgIpc) is 2.99. The lowest BCUT2D eigenvalue weighted by Gasteiger charge is -2.59. The Bertz CT molecular complexity index is 750. The predicted molar refractivity (Wildman–Crippen MR) is 133 cm³/mol. The molecular weight excluding hydrogens is 392 g/mol. The molecule has 4 aliphatic carbocycles. The lowest BCUT2D eigenvalue weighted by atomic mass is 9.46. The Balaban J connectivity index is 1.55. The van der Waals surface area contributed by atoms with Gasteiger partial charge in [0.2, 0.25) is 0 Å². The van der Waals surface area contributed by atoms with E-state index in [0.29, 0.717) is 22.2 Å². The molecule has 7 atom stereocenters. The number of esters is 1. The highest BCUT2D eigenvalue weighted by Gasteiger charge is 2.61. The Morgan fingerprint density at radius 1 is 0.969 bits per heavy atom. The van der Waals surface area contributed by atoms with Crippen LogP contribution in [0.3, 0.4) is 0 Å². The van der Waals surface area contributed by atoms with Crippen molar-refractivity contribution in [1.29, 1.82) is 0 Å². The van der Waals surface area contributed by atoms with Crippen LogP contribution in [0.4, 0.5) is 0 Å². The second kappa shape index (κ2) is 8.77. The monoisotopic (exact) mass is 442 g/mol. The highest BCUT2D eigenvalue weighted by molar-refractivity contribution is 5.66. The van der Waals surface area contributed by atoms with Crippen molar-refractivity contribution in [2.45, 2.75) is 132 Å². The van der Waals surface area contributed by atoms with Gasteiger partial charge >= 0.3 is 5.97 Å². The topological polar surface area (TPSA) is 26.3 Å². The molecule has 0 amide bonds. The van der Waals surface area contributed by atoms with Crippen molar-refractivity contribution in [2.75, 3.05) is 0 Å². The minimum absolute atomic E-state index is 0.102. The van der Waals surface area contributed by atoms with Crippen LogP contribution < -0.4 is 0 Å². The molecule has 32 heavy (non-hydrogen) atoms. The number of hydrogen-bond donors (Lipinski definition) is 0. The lowest BCUT2D eigenvalue weighted by Crippen LogP contribution is -2.49. The van der Waals surface area contributed by atoms with E-state index in [1.54, 1.807) is 6.92 Å². The van der Waals surface area contributed by atoms with E-state index in [0.717, 1.165) is 30.6 Å². The smallest absolute Gasteiger partial charge is 0.302 e. The highest BCUT2D eigenvalue weighted by atomic mass is 16.5. The van der Waals surface area contributed by atoms with Gasteiger partial charge in [0.15, 0.2) is 0 Å². The molecule has 0 saturated heterocycles. The molecule has 0 spiro atoms. The van der Waals surface area contributed by atoms with Gasteiger partial charge in [0, 0.05) is 6.92 Å². The molecule has 0 aromatic rings. The fourth-order valence-electron chi connectivity index (χ4n) is 9.16. The van der Waals surface area contributed by atoms with Crippen LogP contribution in [0.5, 0.6) is 0 Å². The van der Waals surface area contributed by atoms with E-state index in [-0.39, 0.29) is 12.1 Å². The Hall–Kier alpha value is -0.790. The maximum Gasteiger partial charge on any atom is 0.302 e. The first-order valence-electron chi connectivity index (χ1n) is 13.9. The molecule has 2 fully saturated rings. The summed E-state index contributed by atoms with van der Waals surface area (Å²) in [5.41, 5.74) is 4.95. The molecular formula is C30H50O2. The molecule has 4 aliphatic rings. The van der Waals surface area contributed by atoms with Crippen LogP contribution >= 0.6 is 0 Å². The van der Waals surface area contributed by atoms with Crippen molar-refractivity contribution in [3.8, 4) is 0 Å². The summed E-state index contributed by atoms with van der Waals surface area (Å²) in [6.45, 7) is 16.8. The normalized spacial score (nSPS) is 42.3. The number of rotatable bonds is 6. The summed E-state index contributed by atoms with van der Waals surface area (Å²) >= 11 is 0. The zero-order valence-electron chi connectivity index (χ0n) is 22.2. The standard InChI is InChI=1S/C30H50O2/c1-20(2)9-8-10-21(3)25-14-17-30(7)27-12-11-23-19-24(32-22(4)31)13-16-28(23,5)26(27)15-18-29(25,30)6/h20-21,23-25H,8-19H2,1-7H3/t21-,23?,24?,25-,28+,29-,30+/m1/s1. The van der Waals surface area contributed by atoms with Crippen LogP contribution in [0.15, 0.2) is 11.1 Å². The molecule has 2 saturated carbocycles. The maximum absolute atomic E-state index is 11.5. The zero-order chi connectivity index (χ0) is 23.3. The molecule has 0 aromatic heterocycles. The zero-order valence-corrected chi connectivity index (χ0v) is 22.2. The average molecular weight is 443 g/mol. The van der Waals surface area contributed by atoms with Crippen molar-refractivity contribution in [2.24, 2.45) is 39.9 Å². The molecule has 2 nitrogen and oxygen atoms in total. The van der Waals surface area contributed by atoms with E-state index in [9.17, 15) is 4.79 Å². The van der Waals surface area contributed by atoms with Gasteiger partial charge in [-0.2, -0.15) is 0 Å². The molecule has 0 N–H and O–H groups in total. The summed E-state index contributed by atoms with van der Waals surface area (Å²) in [6, 6.07) is 0. The van der Waals surface area contributed by atoms with Gasteiger partial charge in [-0.1, -0.05) is 72.0 Å². The van der Waals surface area contributed by atoms with E-state index in [1.807, 2.05) is 11.1 Å².